The van der Waals surface area contributed by atoms with Crippen LogP contribution in [0, 0.1) is 34.0 Å². The number of nitrogens with one attached hydrogen (secondary N) is 1. The SMILES string of the molecule is COC1CCC2CCN(C(=N)[C@H](OC3CCCC3)C3=CCCCC3)C(C(O)O)CC2C1(C)CCc1ccc(C#N)cc1. The molecule has 4 aliphatic rings. The summed E-state index contributed by atoms with van der Waals surface area (Å²) in [4.78, 5) is 2.00. The summed E-state index contributed by atoms with van der Waals surface area (Å²) in [6.45, 7) is 2.98. The van der Waals surface area contributed by atoms with Gasteiger partial charge in [0.2, 0.25) is 0 Å². The molecule has 3 N–H and O–H groups in total. The number of nitriles is 1. The lowest BCUT2D eigenvalue weighted by Crippen LogP contribution is -2.53. The van der Waals surface area contributed by atoms with E-state index in [1.165, 1.54) is 30.4 Å². The lowest BCUT2D eigenvalue weighted by molar-refractivity contribution is -0.121. The minimum absolute atomic E-state index is 0.0884. The van der Waals surface area contributed by atoms with E-state index in [0.29, 0.717) is 30.3 Å². The smallest absolute Gasteiger partial charge is 0.172 e. The zero-order chi connectivity index (χ0) is 29.7. The fourth-order valence-corrected chi connectivity index (χ4v) is 8.61. The van der Waals surface area contributed by atoms with Crippen molar-refractivity contribution in [1.82, 2.24) is 4.90 Å². The van der Waals surface area contributed by atoms with Crippen molar-refractivity contribution < 1.29 is 19.7 Å². The molecule has 1 heterocycles. The number of fused-ring (bicyclic) bond motifs is 1. The van der Waals surface area contributed by atoms with Gasteiger partial charge in [-0.3, -0.25) is 5.41 Å². The number of allylic oxidation sites excluding steroid dienone is 1. The van der Waals surface area contributed by atoms with E-state index in [9.17, 15) is 20.9 Å². The van der Waals surface area contributed by atoms with E-state index in [0.717, 1.165) is 64.2 Å². The van der Waals surface area contributed by atoms with Crippen LogP contribution < -0.4 is 0 Å². The van der Waals surface area contributed by atoms with Gasteiger partial charge < -0.3 is 24.6 Å². The molecule has 230 valence electrons. The van der Waals surface area contributed by atoms with Crippen molar-refractivity contribution in [2.75, 3.05) is 13.7 Å². The van der Waals surface area contributed by atoms with Crippen LogP contribution in [0.3, 0.4) is 0 Å². The minimum Gasteiger partial charge on any atom is -0.381 e. The Kier molecular flexibility index (Phi) is 10.4. The Morgan fingerprint density at radius 1 is 1.10 bits per heavy atom. The second-order valence-corrected chi connectivity index (χ2v) is 13.5. The summed E-state index contributed by atoms with van der Waals surface area (Å²) >= 11 is 0. The van der Waals surface area contributed by atoms with Crippen LogP contribution in [-0.4, -0.2) is 65.2 Å². The highest BCUT2D eigenvalue weighted by atomic mass is 16.5. The number of hydrogen-bond donors (Lipinski definition) is 3. The largest absolute Gasteiger partial charge is 0.381 e. The number of rotatable bonds is 9. The normalized spacial score (nSPS) is 31.2. The van der Waals surface area contributed by atoms with Gasteiger partial charge >= 0.3 is 0 Å². The van der Waals surface area contributed by atoms with Crippen molar-refractivity contribution in [3.05, 3.63) is 47.0 Å². The Labute approximate surface area is 252 Å². The van der Waals surface area contributed by atoms with Crippen molar-refractivity contribution in [2.24, 2.45) is 17.3 Å². The minimum atomic E-state index is -1.54. The molecule has 1 aromatic carbocycles. The Morgan fingerprint density at radius 2 is 1.86 bits per heavy atom. The molecule has 0 bridgehead atoms. The Balaban J connectivity index is 1.39. The van der Waals surface area contributed by atoms with Crippen molar-refractivity contribution in [3.63, 3.8) is 0 Å². The number of methoxy groups -OCH3 is 1. The van der Waals surface area contributed by atoms with Crippen LogP contribution >= 0.6 is 0 Å². The summed E-state index contributed by atoms with van der Waals surface area (Å²) in [6.07, 6.45) is 14.7. The van der Waals surface area contributed by atoms with E-state index in [1.54, 1.807) is 0 Å². The van der Waals surface area contributed by atoms with Crippen LogP contribution in [0.1, 0.15) is 102 Å². The van der Waals surface area contributed by atoms with E-state index >= 15 is 0 Å². The molecular weight excluding hydrogens is 526 g/mol. The number of aryl methyl sites for hydroxylation is 1. The van der Waals surface area contributed by atoms with Crippen LogP contribution in [0.2, 0.25) is 0 Å². The standard InChI is InChI=1S/C35H51N3O4/c1-35(20-18-24-12-14-25(23-36)15-13-24)29-22-30(34(39)40)38(21-19-26(29)16-17-31(35)41-2)33(37)32(27-8-4-3-5-9-27)42-28-10-6-7-11-28/h8,12-15,26,28-32,34,37,39-40H,3-7,9-11,16-22H2,1-2H3/t26?,29?,30?,31?,32-,35?/m1/s1. The predicted octanol–water partition coefficient (Wildman–Crippen LogP) is 6.12. The Hall–Kier alpha value is -2.24. The second kappa shape index (κ2) is 14.0. The molecule has 6 atom stereocenters. The summed E-state index contributed by atoms with van der Waals surface area (Å²) < 4.78 is 12.8. The fourth-order valence-electron chi connectivity index (χ4n) is 8.61. The van der Waals surface area contributed by atoms with Crippen molar-refractivity contribution >= 4 is 5.84 Å². The van der Waals surface area contributed by atoms with Gasteiger partial charge in [-0.15, -0.1) is 0 Å². The number of nitrogens with zero attached hydrogens (tertiary/aromatic N) is 2. The number of aliphatic hydroxyl groups excluding tert-OH is 1. The maximum atomic E-state index is 10.8. The first-order valence-electron chi connectivity index (χ1n) is 16.4. The molecule has 1 saturated heterocycles. The number of likely N-dealkylation sites (tertiary alicyclic amines) is 1. The van der Waals surface area contributed by atoms with Gasteiger partial charge in [-0.05, 0) is 118 Å². The molecule has 0 radical (unpaired) electrons. The Morgan fingerprint density at radius 3 is 2.50 bits per heavy atom. The van der Waals surface area contributed by atoms with Crippen LogP contribution in [0.4, 0.5) is 0 Å². The van der Waals surface area contributed by atoms with Gasteiger partial charge in [0.15, 0.2) is 6.29 Å². The molecule has 1 aliphatic heterocycles. The van der Waals surface area contributed by atoms with Crippen LogP contribution in [0.25, 0.3) is 0 Å². The first-order valence-corrected chi connectivity index (χ1v) is 16.4. The van der Waals surface area contributed by atoms with E-state index in [4.69, 9.17) is 9.47 Å². The van der Waals surface area contributed by atoms with Crippen molar-refractivity contribution in [1.29, 1.82) is 10.7 Å². The van der Waals surface area contributed by atoms with Gasteiger partial charge in [0, 0.05) is 13.7 Å². The van der Waals surface area contributed by atoms with Gasteiger partial charge in [-0.2, -0.15) is 5.26 Å². The predicted molar refractivity (Wildman–Crippen MR) is 164 cm³/mol. The quantitative estimate of drug-likeness (QED) is 0.141. The number of amidine groups is 1. The third-order valence-electron chi connectivity index (χ3n) is 11.1. The topological polar surface area (TPSA) is 110 Å². The zero-order valence-electron chi connectivity index (χ0n) is 25.6. The first-order chi connectivity index (χ1) is 20.3. The lowest BCUT2D eigenvalue weighted by atomic mass is 9.57. The molecule has 0 aromatic heterocycles. The molecule has 3 fully saturated rings. The molecule has 42 heavy (non-hydrogen) atoms. The summed E-state index contributed by atoms with van der Waals surface area (Å²) in [5, 5.41) is 40.4. The number of hydrogen-bond acceptors (Lipinski definition) is 6. The number of benzene rings is 1. The third-order valence-corrected chi connectivity index (χ3v) is 11.1. The summed E-state index contributed by atoms with van der Waals surface area (Å²) in [7, 11) is 1.81. The third kappa shape index (κ3) is 6.78. The highest BCUT2D eigenvalue weighted by Crippen LogP contribution is 2.53. The van der Waals surface area contributed by atoms with E-state index in [-0.39, 0.29) is 23.5 Å². The van der Waals surface area contributed by atoms with Gasteiger partial charge in [-0.25, -0.2) is 0 Å². The van der Waals surface area contributed by atoms with Gasteiger partial charge in [-0.1, -0.05) is 38.0 Å². The fraction of sp³-hybridized carbons (Fsp3) is 0.714. The molecule has 5 unspecified atom stereocenters. The van der Waals surface area contributed by atoms with Crippen molar-refractivity contribution in [3.8, 4) is 6.07 Å². The van der Waals surface area contributed by atoms with Crippen LogP contribution in [0.5, 0.6) is 0 Å². The van der Waals surface area contributed by atoms with Gasteiger partial charge in [0.1, 0.15) is 11.9 Å². The molecule has 2 saturated carbocycles. The number of ether oxygens (including phenoxy) is 2. The summed E-state index contributed by atoms with van der Waals surface area (Å²) in [6, 6.07) is 9.50. The molecule has 0 amide bonds. The average Bonchev–Trinajstić information content (AvgIpc) is 3.44. The monoisotopic (exact) mass is 577 g/mol. The summed E-state index contributed by atoms with van der Waals surface area (Å²) in [5.41, 5.74) is 2.93. The highest BCUT2D eigenvalue weighted by Gasteiger charge is 2.51. The maximum absolute atomic E-state index is 10.8. The van der Waals surface area contributed by atoms with Crippen LogP contribution in [0.15, 0.2) is 35.9 Å². The van der Waals surface area contributed by atoms with Gasteiger partial charge in [0.05, 0.1) is 29.9 Å². The van der Waals surface area contributed by atoms with E-state index in [1.807, 2.05) is 36.3 Å². The maximum Gasteiger partial charge on any atom is 0.172 e. The van der Waals surface area contributed by atoms with Crippen molar-refractivity contribution in [2.45, 2.75) is 127 Å². The molecule has 7 nitrogen and oxygen atoms in total. The summed E-state index contributed by atoms with van der Waals surface area (Å²) in [5.74, 6) is 1.08. The first kappa shape index (κ1) is 31.2. The Bertz CT molecular complexity index is 1120. The lowest BCUT2D eigenvalue weighted by Gasteiger charge is -2.51. The highest BCUT2D eigenvalue weighted by molar-refractivity contribution is 5.87. The molecule has 0 spiro atoms. The molecule has 1 aromatic rings. The average molecular weight is 578 g/mol. The molecule has 5 rings (SSSR count). The van der Waals surface area contributed by atoms with Gasteiger partial charge in [0.25, 0.3) is 0 Å². The second-order valence-electron chi connectivity index (χ2n) is 13.5. The molecule has 7 heteroatoms. The van der Waals surface area contributed by atoms with E-state index in [2.05, 4.69) is 19.1 Å². The van der Waals surface area contributed by atoms with Crippen LogP contribution in [-0.2, 0) is 15.9 Å². The van der Waals surface area contributed by atoms with E-state index < -0.39 is 18.4 Å². The molecule has 3 aliphatic carbocycles. The molecular formula is C35H51N3O4. The zero-order valence-corrected chi connectivity index (χ0v) is 25.6. The number of aliphatic hydroxyl groups is 2.